The Morgan fingerprint density at radius 3 is 2.53 bits per heavy atom. The minimum atomic E-state index is -0.716. The number of nitrogens with one attached hydrogen (secondary N) is 1. The molecule has 0 saturated heterocycles. The zero-order chi connectivity index (χ0) is 11.7. The molecule has 0 aromatic rings. The van der Waals surface area contributed by atoms with Crippen molar-refractivity contribution in [1.29, 1.82) is 0 Å². The number of ether oxygens (including phenoxy) is 1. The highest BCUT2D eigenvalue weighted by molar-refractivity contribution is 7.85. The summed E-state index contributed by atoms with van der Waals surface area (Å²) in [6.07, 6.45) is 0.889. The summed E-state index contributed by atoms with van der Waals surface area (Å²) in [6.45, 7) is 8.07. The quantitative estimate of drug-likeness (QED) is 0.614. The van der Waals surface area contributed by atoms with Gasteiger partial charge in [0.05, 0.1) is 0 Å². The largest absolute Gasteiger partial charge is 0.385 e. The van der Waals surface area contributed by atoms with Gasteiger partial charge in [0.1, 0.15) is 0 Å². The molecule has 0 aromatic carbocycles. The molecule has 0 aromatic heterocycles. The molecule has 2 unspecified atom stereocenters. The number of hydrogen-bond acceptors (Lipinski definition) is 3. The van der Waals surface area contributed by atoms with Gasteiger partial charge in [-0.2, -0.15) is 0 Å². The van der Waals surface area contributed by atoms with Crippen molar-refractivity contribution in [2.24, 2.45) is 5.92 Å². The highest BCUT2D eigenvalue weighted by Crippen LogP contribution is 2.04. The van der Waals surface area contributed by atoms with Crippen LogP contribution in [-0.2, 0) is 15.5 Å². The molecular formula is C11H25NO2S. The van der Waals surface area contributed by atoms with Gasteiger partial charge in [-0.1, -0.05) is 20.8 Å². The second-order valence-corrected chi connectivity index (χ2v) is 5.69. The van der Waals surface area contributed by atoms with E-state index in [2.05, 4.69) is 26.1 Å². The lowest BCUT2D eigenvalue weighted by Gasteiger charge is -2.21. The first-order valence-corrected chi connectivity index (χ1v) is 7.17. The van der Waals surface area contributed by atoms with E-state index in [0.29, 0.717) is 18.6 Å². The van der Waals surface area contributed by atoms with Crippen LogP contribution in [0, 0.1) is 5.92 Å². The Morgan fingerprint density at radius 1 is 1.40 bits per heavy atom. The van der Waals surface area contributed by atoms with Crippen molar-refractivity contribution in [2.45, 2.75) is 33.2 Å². The van der Waals surface area contributed by atoms with Gasteiger partial charge in [0, 0.05) is 42.1 Å². The fourth-order valence-electron chi connectivity index (χ4n) is 1.40. The third-order valence-corrected chi connectivity index (χ3v) is 3.83. The Labute approximate surface area is 96.4 Å². The van der Waals surface area contributed by atoms with Crippen molar-refractivity contribution in [3.63, 3.8) is 0 Å². The second-order valence-electron chi connectivity index (χ2n) is 4.07. The average molecular weight is 235 g/mol. The Morgan fingerprint density at radius 2 is 2.07 bits per heavy atom. The molecule has 0 spiro atoms. The zero-order valence-corrected chi connectivity index (χ0v) is 11.2. The molecule has 0 saturated carbocycles. The lowest BCUT2D eigenvalue weighted by molar-refractivity contribution is 0.200. The van der Waals surface area contributed by atoms with Gasteiger partial charge in [0.25, 0.3) is 0 Å². The molecule has 0 radical (unpaired) electrons. The van der Waals surface area contributed by atoms with E-state index in [4.69, 9.17) is 4.74 Å². The fraction of sp³-hybridized carbons (Fsp3) is 1.00. The van der Waals surface area contributed by atoms with Gasteiger partial charge in [-0.3, -0.25) is 4.21 Å². The molecular weight excluding hydrogens is 210 g/mol. The molecule has 2 atom stereocenters. The SMILES string of the molecule is CCNC(CS(=O)CCCOC)C(C)C. The smallest absolute Gasteiger partial charge is 0.0471 e. The summed E-state index contributed by atoms with van der Waals surface area (Å²) in [5.41, 5.74) is 0. The van der Waals surface area contributed by atoms with Crippen LogP contribution in [0.25, 0.3) is 0 Å². The first-order valence-electron chi connectivity index (χ1n) is 5.69. The Hall–Kier alpha value is 0.0700. The van der Waals surface area contributed by atoms with Crippen LogP contribution in [0.3, 0.4) is 0 Å². The molecule has 0 heterocycles. The first kappa shape index (κ1) is 15.1. The predicted molar refractivity (Wildman–Crippen MR) is 66.7 cm³/mol. The lowest BCUT2D eigenvalue weighted by atomic mass is 10.1. The van der Waals surface area contributed by atoms with Crippen LogP contribution < -0.4 is 5.32 Å². The Kier molecular flexibility index (Phi) is 9.35. The molecule has 1 N–H and O–H groups in total. The monoisotopic (exact) mass is 235 g/mol. The van der Waals surface area contributed by atoms with E-state index in [1.807, 2.05) is 0 Å². The van der Waals surface area contributed by atoms with Crippen LogP contribution in [0.15, 0.2) is 0 Å². The van der Waals surface area contributed by atoms with E-state index in [1.54, 1.807) is 7.11 Å². The third kappa shape index (κ3) is 7.94. The van der Waals surface area contributed by atoms with Gasteiger partial charge in [0.15, 0.2) is 0 Å². The van der Waals surface area contributed by atoms with Gasteiger partial charge in [-0.25, -0.2) is 0 Å². The maximum atomic E-state index is 11.7. The summed E-state index contributed by atoms with van der Waals surface area (Å²) in [5.74, 6) is 2.05. The number of hydrogen-bond donors (Lipinski definition) is 1. The molecule has 15 heavy (non-hydrogen) atoms. The average Bonchev–Trinajstić information content (AvgIpc) is 2.17. The third-order valence-electron chi connectivity index (χ3n) is 2.36. The highest BCUT2D eigenvalue weighted by Gasteiger charge is 2.14. The minimum Gasteiger partial charge on any atom is -0.385 e. The first-order chi connectivity index (χ1) is 7.11. The molecule has 0 bridgehead atoms. The van der Waals surface area contributed by atoms with Crippen LogP contribution in [0.5, 0.6) is 0 Å². The second kappa shape index (κ2) is 9.31. The van der Waals surface area contributed by atoms with Gasteiger partial charge in [-0.15, -0.1) is 0 Å². The maximum absolute atomic E-state index is 11.7. The summed E-state index contributed by atoms with van der Waals surface area (Å²) in [6, 6.07) is 0.373. The topological polar surface area (TPSA) is 38.3 Å². The molecule has 0 aliphatic heterocycles. The molecule has 0 fully saturated rings. The number of rotatable bonds is 9. The Balaban J connectivity index is 3.78. The van der Waals surface area contributed by atoms with E-state index in [0.717, 1.165) is 24.5 Å². The van der Waals surface area contributed by atoms with Gasteiger partial charge in [-0.05, 0) is 18.9 Å². The van der Waals surface area contributed by atoms with Crippen molar-refractivity contribution < 1.29 is 8.95 Å². The Bertz CT molecular complexity index is 174. The molecule has 0 aliphatic carbocycles. The highest BCUT2D eigenvalue weighted by atomic mass is 32.2. The summed E-state index contributed by atoms with van der Waals surface area (Å²) in [4.78, 5) is 0. The molecule has 0 amide bonds. The summed E-state index contributed by atoms with van der Waals surface area (Å²) in [5, 5.41) is 3.38. The van der Waals surface area contributed by atoms with E-state index >= 15 is 0 Å². The number of methoxy groups -OCH3 is 1. The predicted octanol–water partition coefficient (Wildman–Crippen LogP) is 1.41. The van der Waals surface area contributed by atoms with Crippen LogP contribution in [0.1, 0.15) is 27.2 Å². The molecule has 3 nitrogen and oxygen atoms in total. The van der Waals surface area contributed by atoms with E-state index in [-0.39, 0.29) is 0 Å². The van der Waals surface area contributed by atoms with Gasteiger partial charge < -0.3 is 10.1 Å². The van der Waals surface area contributed by atoms with Crippen molar-refractivity contribution in [1.82, 2.24) is 5.32 Å². The van der Waals surface area contributed by atoms with E-state index in [1.165, 1.54) is 0 Å². The maximum Gasteiger partial charge on any atom is 0.0471 e. The van der Waals surface area contributed by atoms with Crippen molar-refractivity contribution in [2.75, 3.05) is 31.8 Å². The van der Waals surface area contributed by atoms with Crippen LogP contribution in [-0.4, -0.2) is 42.0 Å². The minimum absolute atomic E-state index is 0.373. The summed E-state index contributed by atoms with van der Waals surface area (Å²) >= 11 is 0. The summed E-state index contributed by atoms with van der Waals surface area (Å²) in [7, 11) is 0.963. The molecule has 92 valence electrons. The standard InChI is InChI=1S/C11H25NO2S/c1-5-12-11(10(2)3)9-15(13)8-6-7-14-4/h10-12H,5-9H2,1-4H3. The van der Waals surface area contributed by atoms with Crippen molar-refractivity contribution in [3.05, 3.63) is 0 Å². The van der Waals surface area contributed by atoms with Crippen LogP contribution >= 0.6 is 0 Å². The van der Waals surface area contributed by atoms with Crippen molar-refractivity contribution in [3.8, 4) is 0 Å². The lowest BCUT2D eigenvalue weighted by Crippen LogP contribution is -2.38. The van der Waals surface area contributed by atoms with E-state index in [9.17, 15) is 4.21 Å². The molecule has 0 rings (SSSR count). The normalized spacial score (nSPS) is 15.5. The van der Waals surface area contributed by atoms with E-state index < -0.39 is 10.8 Å². The van der Waals surface area contributed by atoms with Crippen molar-refractivity contribution >= 4 is 10.8 Å². The van der Waals surface area contributed by atoms with Gasteiger partial charge in [0.2, 0.25) is 0 Å². The van der Waals surface area contributed by atoms with Crippen LogP contribution in [0.2, 0.25) is 0 Å². The molecule has 0 aliphatic rings. The van der Waals surface area contributed by atoms with Crippen LogP contribution in [0.4, 0.5) is 0 Å². The summed E-state index contributed by atoms with van der Waals surface area (Å²) < 4.78 is 16.7. The molecule has 4 heteroatoms. The zero-order valence-electron chi connectivity index (χ0n) is 10.4. The fourth-order valence-corrected chi connectivity index (χ4v) is 2.91. The van der Waals surface area contributed by atoms with Gasteiger partial charge >= 0.3 is 0 Å².